The zero-order valence-corrected chi connectivity index (χ0v) is 14.9. The first-order valence-electron chi connectivity index (χ1n) is 7.68. The summed E-state index contributed by atoms with van der Waals surface area (Å²) in [6, 6.07) is 4.91. The Morgan fingerprint density at radius 1 is 1.16 bits per heavy atom. The first-order valence-corrected chi connectivity index (χ1v) is 9.08. The average molecular weight is 372 g/mol. The van der Waals surface area contributed by atoms with E-state index < -0.39 is 22.6 Å². The Bertz CT molecular complexity index is 716. The van der Waals surface area contributed by atoms with Gasteiger partial charge in [0.25, 0.3) is 0 Å². The smallest absolute Gasteiger partial charge is 0.304 e. The van der Waals surface area contributed by atoms with Crippen molar-refractivity contribution < 1.29 is 22.4 Å². The van der Waals surface area contributed by atoms with Gasteiger partial charge >= 0.3 is 10.2 Å². The summed E-state index contributed by atoms with van der Waals surface area (Å²) in [6.07, 6.45) is 0.725. The van der Waals surface area contributed by atoms with Crippen LogP contribution in [0, 0.1) is 5.82 Å². The van der Waals surface area contributed by atoms with Crippen molar-refractivity contribution >= 4 is 28.2 Å². The van der Waals surface area contributed by atoms with E-state index in [1.807, 2.05) is 0 Å². The molecule has 1 aliphatic heterocycles. The molecule has 0 unspecified atom stereocenters. The molecule has 10 heteroatoms. The number of amides is 2. The van der Waals surface area contributed by atoms with Crippen LogP contribution in [0.15, 0.2) is 24.3 Å². The number of rotatable bonds is 6. The molecular weight excluding hydrogens is 351 g/mol. The molecule has 2 rings (SSSR count). The second-order valence-electron chi connectivity index (χ2n) is 5.80. The molecule has 0 atom stereocenters. The van der Waals surface area contributed by atoms with E-state index in [9.17, 15) is 22.4 Å². The number of hydrogen-bond donors (Lipinski definition) is 0. The number of piperazine rings is 1. The van der Waals surface area contributed by atoms with Crippen molar-refractivity contribution in [3.63, 3.8) is 0 Å². The van der Waals surface area contributed by atoms with Gasteiger partial charge in [0.1, 0.15) is 12.4 Å². The molecule has 1 fully saturated rings. The van der Waals surface area contributed by atoms with E-state index in [0.717, 1.165) is 27.2 Å². The van der Waals surface area contributed by atoms with E-state index in [-0.39, 0.29) is 11.6 Å². The highest BCUT2D eigenvalue weighted by molar-refractivity contribution is 7.90. The average Bonchev–Trinajstić information content (AvgIpc) is 2.60. The van der Waals surface area contributed by atoms with Gasteiger partial charge in [0.2, 0.25) is 12.3 Å². The Morgan fingerprint density at radius 3 is 2.20 bits per heavy atom. The van der Waals surface area contributed by atoms with Crippen LogP contribution in [0.25, 0.3) is 0 Å². The number of benzene rings is 1. The van der Waals surface area contributed by atoms with Crippen molar-refractivity contribution in [2.24, 2.45) is 0 Å². The number of carbonyl (C=O) groups is 2. The Hall–Kier alpha value is -2.20. The second-order valence-corrected chi connectivity index (χ2v) is 7.86. The second kappa shape index (κ2) is 7.79. The lowest BCUT2D eigenvalue weighted by Gasteiger charge is -2.34. The van der Waals surface area contributed by atoms with Crippen molar-refractivity contribution in [2.45, 2.75) is 0 Å². The third-order valence-corrected chi connectivity index (χ3v) is 5.77. The zero-order chi connectivity index (χ0) is 18.6. The van der Waals surface area contributed by atoms with Crippen molar-refractivity contribution in [2.75, 3.05) is 51.1 Å². The van der Waals surface area contributed by atoms with Gasteiger partial charge in [-0.3, -0.25) is 9.59 Å². The molecule has 1 aliphatic rings. The molecule has 138 valence electrons. The lowest BCUT2D eigenvalue weighted by molar-refractivity contribution is -0.133. The van der Waals surface area contributed by atoms with Gasteiger partial charge in [-0.25, -0.2) is 8.70 Å². The lowest BCUT2D eigenvalue weighted by atomic mass is 10.3. The fourth-order valence-electron chi connectivity index (χ4n) is 2.41. The Kier molecular flexibility index (Phi) is 5.96. The van der Waals surface area contributed by atoms with E-state index in [1.54, 1.807) is 4.90 Å². The minimum Gasteiger partial charge on any atom is -0.342 e. The van der Waals surface area contributed by atoms with Crippen LogP contribution in [0.4, 0.5) is 10.1 Å². The molecule has 1 aromatic carbocycles. The van der Waals surface area contributed by atoms with Crippen LogP contribution in [0.3, 0.4) is 0 Å². The Morgan fingerprint density at radius 2 is 1.72 bits per heavy atom. The number of carbonyl (C=O) groups excluding carboxylic acids is 2. The predicted molar refractivity (Wildman–Crippen MR) is 90.6 cm³/mol. The van der Waals surface area contributed by atoms with Gasteiger partial charge in [-0.2, -0.15) is 12.7 Å². The maximum absolute atomic E-state index is 13.1. The summed E-state index contributed by atoms with van der Waals surface area (Å²) in [7, 11) is -1.20. The summed E-state index contributed by atoms with van der Waals surface area (Å²) in [5.41, 5.74) is 0.204. The molecule has 1 aromatic rings. The van der Waals surface area contributed by atoms with Crippen LogP contribution in [0.1, 0.15) is 0 Å². The predicted octanol–water partition coefficient (Wildman–Crippen LogP) is -0.261. The first kappa shape index (κ1) is 19.1. The van der Waals surface area contributed by atoms with E-state index in [2.05, 4.69) is 0 Å². The lowest BCUT2D eigenvalue weighted by Crippen LogP contribution is -2.52. The van der Waals surface area contributed by atoms with E-state index >= 15 is 0 Å². The number of halogens is 1. The SMILES string of the molecule is CN(C)S(=O)(=O)N(CC(=O)N1CCN(C=O)CC1)c1ccc(F)cc1. The van der Waals surface area contributed by atoms with E-state index in [4.69, 9.17) is 0 Å². The maximum atomic E-state index is 13.1. The van der Waals surface area contributed by atoms with Gasteiger partial charge in [0.15, 0.2) is 0 Å². The minimum atomic E-state index is -3.92. The van der Waals surface area contributed by atoms with Crippen molar-refractivity contribution in [3.05, 3.63) is 30.1 Å². The third-order valence-electron chi connectivity index (χ3n) is 3.95. The van der Waals surface area contributed by atoms with Crippen molar-refractivity contribution in [1.82, 2.24) is 14.1 Å². The van der Waals surface area contributed by atoms with E-state index in [1.165, 1.54) is 31.1 Å². The molecule has 1 heterocycles. The largest absolute Gasteiger partial charge is 0.342 e. The van der Waals surface area contributed by atoms with Gasteiger partial charge in [0, 0.05) is 40.3 Å². The summed E-state index contributed by atoms with van der Waals surface area (Å²) >= 11 is 0. The highest BCUT2D eigenvalue weighted by atomic mass is 32.2. The van der Waals surface area contributed by atoms with E-state index in [0.29, 0.717) is 26.2 Å². The Balaban J connectivity index is 2.20. The summed E-state index contributed by atoms with van der Waals surface area (Å²) in [5.74, 6) is -0.873. The molecule has 0 aliphatic carbocycles. The maximum Gasteiger partial charge on any atom is 0.304 e. The van der Waals surface area contributed by atoms with Gasteiger partial charge in [-0.1, -0.05) is 0 Å². The molecule has 2 amide bonds. The first-order chi connectivity index (χ1) is 11.8. The topological polar surface area (TPSA) is 81.2 Å². The molecule has 25 heavy (non-hydrogen) atoms. The zero-order valence-electron chi connectivity index (χ0n) is 14.1. The highest BCUT2D eigenvalue weighted by Crippen LogP contribution is 2.20. The molecule has 0 radical (unpaired) electrons. The standard InChI is InChI=1S/C15H21FN4O4S/c1-17(2)25(23,24)20(14-5-3-13(16)4-6-14)11-15(22)19-9-7-18(12-21)8-10-19/h3-6,12H,7-11H2,1-2H3. The summed E-state index contributed by atoms with van der Waals surface area (Å²) in [5, 5.41) is 0. The quantitative estimate of drug-likeness (QED) is 0.645. The van der Waals surface area contributed by atoms with Gasteiger partial charge in [0.05, 0.1) is 5.69 Å². The molecule has 1 saturated heterocycles. The summed E-state index contributed by atoms with van der Waals surface area (Å²) in [6.45, 7) is 1.11. The molecule has 8 nitrogen and oxygen atoms in total. The van der Waals surface area contributed by atoms with Crippen LogP contribution >= 0.6 is 0 Å². The number of hydrogen-bond acceptors (Lipinski definition) is 4. The number of anilines is 1. The van der Waals surface area contributed by atoms with Gasteiger partial charge in [-0.15, -0.1) is 0 Å². The van der Waals surface area contributed by atoms with Crippen LogP contribution in [0.2, 0.25) is 0 Å². The summed E-state index contributed by atoms with van der Waals surface area (Å²) in [4.78, 5) is 26.3. The fourth-order valence-corrected chi connectivity index (χ4v) is 3.47. The van der Waals surface area contributed by atoms with Crippen LogP contribution < -0.4 is 4.31 Å². The molecule has 0 aromatic heterocycles. The van der Waals surface area contributed by atoms with Gasteiger partial charge < -0.3 is 9.80 Å². The fraction of sp³-hybridized carbons (Fsp3) is 0.467. The molecule has 0 N–H and O–H groups in total. The van der Waals surface area contributed by atoms with Crippen molar-refractivity contribution in [1.29, 1.82) is 0 Å². The monoisotopic (exact) mass is 372 g/mol. The third kappa shape index (κ3) is 4.45. The molecule has 0 spiro atoms. The molecule has 0 saturated carbocycles. The number of nitrogens with zero attached hydrogens (tertiary/aromatic N) is 4. The van der Waals surface area contributed by atoms with Crippen LogP contribution in [-0.4, -0.2) is 81.7 Å². The normalized spacial score (nSPS) is 15.4. The highest BCUT2D eigenvalue weighted by Gasteiger charge is 2.30. The molecular formula is C15H21FN4O4S. The van der Waals surface area contributed by atoms with Crippen LogP contribution in [0.5, 0.6) is 0 Å². The van der Waals surface area contributed by atoms with Crippen LogP contribution in [-0.2, 0) is 19.8 Å². The minimum absolute atomic E-state index is 0.204. The van der Waals surface area contributed by atoms with Gasteiger partial charge in [-0.05, 0) is 24.3 Å². The Labute approximate surface area is 146 Å². The summed E-state index contributed by atoms with van der Waals surface area (Å²) < 4.78 is 40.2. The molecule has 0 bridgehead atoms. The van der Waals surface area contributed by atoms with Crippen molar-refractivity contribution in [3.8, 4) is 0 Å².